The van der Waals surface area contributed by atoms with Gasteiger partial charge in [-0.15, -0.1) is 0 Å². The molecule has 2 aliphatic rings. The molecule has 1 aromatic carbocycles. The van der Waals surface area contributed by atoms with Crippen LogP contribution in [-0.2, 0) is 6.54 Å². The molecule has 1 aliphatic carbocycles. The van der Waals surface area contributed by atoms with Crippen molar-refractivity contribution in [3.05, 3.63) is 33.6 Å². The van der Waals surface area contributed by atoms with Gasteiger partial charge in [-0.25, -0.2) is 4.39 Å². The summed E-state index contributed by atoms with van der Waals surface area (Å²) in [6, 6.07) is 3.44. The van der Waals surface area contributed by atoms with Crippen molar-refractivity contribution in [3.8, 4) is 0 Å². The second kappa shape index (κ2) is 5.21. The number of likely N-dealkylation sites (tertiary alicyclic amines) is 1. The van der Waals surface area contributed by atoms with E-state index in [-0.39, 0.29) is 5.02 Å². The lowest BCUT2D eigenvalue weighted by atomic mass is 9.98. The summed E-state index contributed by atoms with van der Waals surface area (Å²) in [4.78, 5) is 2.35. The Kier molecular flexibility index (Phi) is 3.73. The van der Waals surface area contributed by atoms with Gasteiger partial charge in [-0.1, -0.05) is 29.3 Å². The number of hydrogen-bond donors (Lipinski definition) is 1. The van der Waals surface area contributed by atoms with Gasteiger partial charge in [0.05, 0.1) is 10.0 Å². The third-order valence-corrected chi connectivity index (χ3v) is 5.40. The van der Waals surface area contributed by atoms with Gasteiger partial charge in [-0.05, 0) is 36.3 Å². The Hall–Kier alpha value is -0.350. The molecule has 2 N–H and O–H groups in total. The fourth-order valence-corrected chi connectivity index (χ4v) is 3.86. The summed E-state index contributed by atoms with van der Waals surface area (Å²) < 4.78 is 13.3. The molecule has 0 bridgehead atoms. The van der Waals surface area contributed by atoms with Crippen LogP contribution in [0.2, 0.25) is 10.0 Å². The number of hydrogen-bond acceptors (Lipinski definition) is 2. The minimum absolute atomic E-state index is 0.0234. The van der Waals surface area contributed by atoms with E-state index in [0.717, 1.165) is 31.6 Å². The van der Waals surface area contributed by atoms with Crippen LogP contribution in [0.5, 0.6) is 0 Å². The summed E-state index contributed by atoms with van der Waals surface area (Å²) >= 11 is 11.9. The summed E-state index contributed by atoms with van der Waals surface area (Å²) in [6.45, 7) is 2.79. The van der Waals surface area contributed by atoms with Gasteiger partial charge in [-0.3, -0.25) is 4.90 Å². The average Bonchev–Trinajstić information content (AvgIpc) is 2.93. The van der Waals surface area contributed by atoms with Crippen LogP contribution in [0.4, 0.5) is 4.39 Å². The fourth-order valence-electron chi connectivity index (χ4n) is 3.46. The van der Waals surface area contributed by atoms with E-state index in [0.29, 0.717) is 22.9 Å². The summed E-state index contributed by atoms with van der Waals surface area (Å²) in [6.07, 6.45) is 2.37. The van der Waals surface area contributed by atoms with Gasteiger partial charge in [0.2, 0.25) is 0 Å². The van der Waals surface area contributed by atoms with Gasteiger partial charge in [0, 0.05) is 25.7 Å². The summed E-state index contributed by atoms with van der Waals surface area (Å²) in [5.74, 6) is 0.857. The minimum Gasteiger partial charge on any atom is -0.327 e. The van der Waals surface area contributed by atoms with E-state index in [2.05, 4.69) is 4.90 Å². The van der Waals surface area contributed by atoms with E-state index in [1.54, 1.807) is 6.07 Å². The Labute approximate surface area is 122 Å². The Morgan fingerprint density at radius 3 is 2.74 bits per heavy atom. The van der Waals surface area contributed by atoms with Crippen molar-refractivity contribution in [3.63, 3.8) is 0 Å². The molecule has 2 fully saturated rings. The normalized spacial score (nSPS) is 30.8. The minimum atomic E-state index is -0.462. The molecule has 0 spiro atoms. The second-order valence-corrected chi connectivity index (χ2v) is 6.45. The Morgan fingerprint density at radius 2 is 2.00 bits per heavy atom. The van der Waals surface area contributed by atoms with Gasteiger partial charge >= 0.3 is 0 Å². The van der Waals surface area contributed by atoms with Crippen molar-refractivity contribution in [2.45, 2.75) is 25.4 Å². The first-order valence-electron chi connectivity index (χ1n) is 6.66. The molecule has 3 rings (SSSR count). The van der Waals surface area contributed by atoms with Crippen molar-refractivity contribution in [1.82, 2.24) is 4.90 Å². The highest BCUT2D eigenvalue weighted by atomic mass is 35.5. The molecule has 104 valence electrons. The van der Waals surface area contributed by atoms with E-state index >= 15 is 0 Å². The smallest absolute Gasteiger partial charge is 0.143 e. The lowest BCUT2D eigenvalue weighted by molar-refractivity contribution is 0.298. The topological polar surface area (TPSA) is 29.3 Å². The maximum Gasteiger partial charge on any atom is 0.143 e. The van der Waals surface area contributed by atoms with Gasteiger partial charge in [0.25, 0.3) is 0 Å². The Morgan fingerprint density at radius 1 is 1.21 bits per heavy atom. The second-order valence-electron chi connectivity index (χ2n) is 5.69. The highest BCUT2D eigenvalue weighted by Crippen LogP contribution is 2.38. The average molecular weight is 303 g/mol. The largest absolute Gasteiger partial charge is 0.327 e. The lowest BCUT2D eigenvalue weighted by Crippen LogP contribution is -2.30. The van der Waals surface area contributed by atoms with Crippen LogP contribution in [0.1, 0.15) is 18.4 Å². The van der Waals surface area contributed by atoms with Crippen LogP contribution in [0.15, 0.2) is 12.1 Å². The first-order valence-corrected chi connectivity index (χ1v) is 7.42. The van der Waals surface area contributed by atoms with Crippen LogP contribution in [0, 0.1) is 17.7 Å². The first kappa shape index (κ1) is 13.6. The molecular formula is C14H17Cl2FN2. The van der Waals surface area contributed by atoms with Gasteiger partial charge in [-0.2, -0.15) is 0 Å². The molecule has 1 saturated carbocycles. The van der Waals surface area contributed by atoms with E-state index in [9.17, 15) is 4.39 Å². The van der Waals surface area contributed by atoms with E-state index in [1.165, 1.54) is 12.5 Å². The molecule has 5 heteroatoms. The molecule has 19 heavy (non-hydrogen) atoms. The molecule has 0 amide bonds. The van der Waals surface area contributed by atoms with Gasteiger partial charge in [0.15, 0.2) is 0 Å². The number of rotatable bonds is 2. The van der Waals surface area contributed by atoms with Crippen LogP contribution in [-0.4, -0.2) is 24.0 Å². The van der Waals surface area contributed by atoms with Crippen molar-refractivity contribution in [2.24, 2.45) is 17.6 Å². The van der Waals surface area contributed by atoms with Crippen LogP contribution < -0.4 is 5.73 Å². The van der Waals surface area contributed by atoms with Gasteiger partial charge < -0.3 is 5.73 Å². The third kappa shape index (κ3) is 2.49. The zero-order valence-corrected chi connectivity index (χ0v) is 12.1. The highest BCUT2D eigenvalue weighted by Gasteiger charge is 2.40. The number of nitrogens with two attached hydrogens (primary N) is 1. The Bertz CT molecular complexity index is 495. The zero-order valence-electron chi connectivity index (χ0n) is 10.6. The van der Waals surface area contributed by atoms with Crippen molar-refractivity contribution >= 4 is 23.2 Å². The number of fused-ring (bicyclic) bond motifs is 1. The Balaban J connectivity index is 1.72. The number of benzene rings is 1. The predicted octanol–water partition coefficient (Wildman–Crippen LogP) is 3.30. The van der Waals surface area contributed by atoms with E-state index in [4.69, 9.17) is 28.9 Å². The molecule has 0 radical (unpaired) electrons. The van der Waals surface area contributed by atoms with Gasteiger partial charge in [0.1, 0.15) is 5.82 Å². The summed E-state index contributed by atoms with van der Waals surface area (Å²) in [7, 11) is 0. The molecule has 1 saturated heterocycles. The standard InChI is InChI=1S/C14H17Cl2FN2/c15-13-9(1-3-11(17)14(13)16)6-19-5-8-2-4-12(18)10(8)7-19/h1,3,8,10,12H,2,4-7,18H2. The predicted molar refractivity (Wildman–Crippen MR) is 75.9 cm³/mol. The molecule has 1 aromatic rings. The number of halogens is 3. The highest BCUT2D eigenvalue weighted by molar-refractivity contribution is 6.42. The summed E-state index contributed by atoms with van der Waals surface area (Å²) in [5.41, 5.74) is 7.02. The molecule has 1 aliphatic heterocycles. The maximum absolute atomic E-state index is 13.3. The quantitative estimate of drug-likeness (QED) is 0.849. The summed E-state index contributed by atoms with van der Waals surface area (Å²) in [5, 5.41) is 0.360. The molecule has 3 atom stereocenters. The van der Waals surface area contributed by atoms with E-state index in [1.807, 2.05) is 0 Å². The van der Waals surface area contributed by atoms with Crippen LogP contribution in [0.25, 0.3) is 0 Å². The molecule has 0 aromatic heterocycles. The van der Waals surface area contributed by atoms with Crippen molar-refractivity contribution in [1.29, 1.82) is 0 Å². The van der Waals surface area contributed by atoms with Crippen molar-refractivity contribution in [2.75, 3.05) is 13.1 Å². The lowest BCUT2D eigenvalue weighted by Gasteiger charge is -2.19. The molecule has 1 heterocycles. The molecule has 3 unspecified atom stereocenters. The fraction of sp³-hybridized carbons (Fsp3) is 0.571. The van der Waals surface area contributed by atoms with Crippen molar-refractivity contribution < 1.29 is 4.39 Å². The monoisotopic (exact) mass is 302 g/mol. The first-order chi connectivity index (χ1) is 9.06. The number of nitrogens with zero attached hydrogens (tertiary/aromatic N) is 1. The van der Waals surface area contributed by atoms with Crippen LogP contribution in [0.3, 0.4) is 0 Å². The molecule has 2 nitrogen and oxygen atoms in total. The molecular weight excluding hydrogens is 286 g/mol. The third-order valence-electron chi connectivity index (χ3n) is 4.50. The SMILES string of the molecule is NC1CCC2CN(Cc3ccc(F)c(Cl)c3Cl)CC12. The van der Waals surface area contributed by atoms with E-state index < -0.39 is 5.82 Å². The zero-order chi connectivity index (χ0) is 13.6. The maximum atomic E-state index is 13.3. The van der Waals surface area contributed by atoms with Crippen LogP contribution >= 0.6 is 23.2 Å².